The third-order valence-electron chi connectivity index (χ3n) is 5.03. The number of rotatable bonds is 3. The fourth-order valence-corrected chi connectivity index (χ4v) is 3.51. The Bertz CT molecular complexity index is 849. The first-order valence-electron chi connectivity index (χ1n) is 8.23. The van der Waals surface area contributed by atoms with E-state index in [9.17, 15) is 23.6 Å². The lowest BCUT2D eigenvalue weighted by atomic mass is 10.0. The average molecular weight is 361 g/mol. The Balaban J connectivity index is 1.64. The Kier molecular flexibility index (Phi) is 3.76. The van der Waals surface area contributed by atoms with Crippen LogP contribution in [0.3, 0.4) is 0 Å². The van der Waals surface area contributed by atoms with Gasteiger partial charge in [-0.05, 0) is 18.6 Å². The Morgan fingerprint density at radius 3 is 2.38 bits per heavy atom. The fraction of sp³-hybridized carbons (Fsp3) is 0.412. The zero-order valence-electron chi connectivity index (χ0n) is 14.0. The summed E-state index contributed by atoms with van der Waals surface area (Å²) in [7, 11) is 1.57. The van der Waals surface area contributed by atoms with Gasteiger partial charge in [0.15, 0.2) is 0 Å². The molecule has 8 nitrogen and oxygen atoms in total. The van der Waals surface area contributed by atoms with E-state index in [1.807, 2.05) is 0 Å². The van der Waals surface area contributed by atoms with Gasteiger partial charge in [0.25, 0.3) is 11.8 Å². The monoisotopic (exact) mass is 361 g/mol. The van der Waals surface area contributed by atoms with Crippen molar-refractivity contribution >= 4 is 29.3 Å². The van der Waals surface area contributed by atoms with Crippen LogP contribution in [0, 0.1) is 5.82 Å². The van der Waals surface area contributed by atoms with Gasteiger partial charge < -0.3 is 9.64 Å². The molecule has 0 radical (unpaired) electrons. The van der Waals surface area contributed by atoms with Crippen molar-refractivity contribution in [2.24, 2.45) is 0 Å². The van der Waals surface area contributed by atoms with Gasteiger partial charge in [-0.25, -0.2) is 4.39 Å². The topological polar surface area (TPSA) is 96.0 Å². The van der Waals surface area contributed by atoms with E-state index in [4.69, 9.17) is 4.74 Å². The minimum atomic E-state index is -1.06. The Hall–Kier alpha value is -2.81. The second kappa shape index (κ2) is 5.87. The number of hydrogen-bond acceptors (Lipinski definition) is 6. The second-order valence-corrected chi connectivity index (χ2v) is 6.56. The molecule has 4 amide bonds. The molecule has 2 saturated heterocycles. The zero-order valence-corrected chi connectivity index (χ0v) is 14.0. The van der Waals surface area contributed by atoms with Gasteiger partial charge in [0.05, 0.1) is 22.9 Å². The molecule has 1 atom stereocenters. The van der Waals surface area contributed by atoms with Gasteiger partial charge in [-0.1, -0.05) is 0 Å². The maximum Gasteiger partial charge on any atom is 0.262 e. The molecule has 3 heterocycles. The smallest absolute Gasteiger partial charge is 0.262 e. The Labute approximate surface area is 147 Å². The summed E-state index contributed by atoms with van der Waals surface area (Å²) in [4.78, 5) is 51.2. The van der Waals surface area contributed by atoms with Gasteiger partial charge in [0.2, 0.25) is 11.8 Å². The van der Waals surface area contributed by atoms with Crippen molar-refractivity contribution in [2.75, 3.05) is 25.1 Å². The molecule has 9 heteroatoms. The molecule has 2 fully saturated rings. The molecular formula is C17H16FN3O5. The number of carbonyl (C=O) groups excluding carboxylic acids is 4. The summed E-state index contributed by atoms with van der Waals surface area (Å²) in [6.07, 6.45) is 0.0999. The third kappa shape index (κ3) is 2.38. The number of anilines is 1. The number of halogens is 1. The second-order valence-electron chi connectivity index (χ2n) is 6.56. The number of imide groups is 2. The molecule has 0 saturated carbocycles. The lowest BCUT2D eigenvalue weighted by Gasteiger charge is -2.40. The molecule has 0 aliphatic carbocycles. The molecule has 1 aromatic rings. The van der Waals surface area contributed by atoms with Crippen molar-refractivity contribution in [2.45, 2.75) is 25.0 Å². The van der Waals surface area contributed by atoms with Crippen LogP contribution < -0.4 is 10.2 Å². The number of ether oxygens (including phenoxy) is 1. The summed E-state index contributed by atoms with van der Waals surface area (Å²) < 4.78 is 19.6. The maximum absolute atomic E-state index is 14.5. The summed E-state index contributed by atoms with van der Waals surface area (Å²) in [5.74, 6) is -3.11. The molecule has 1 unspecified atom stereocenters. The predicted molar refractivity (Wildman–Crippen MR) is 86.1 cm³/mol. The molecular weight excluding hydrogens is 345 g/mol. The van der Waals surface area contributed by atoms with Crippen LogP contribution >= 0.6 is 0 Å². The minimum absolute atomic E-state index is 0.0000387. The molecule has 1 N–H and O–H groups in total. The summed E-state index contributed by atoms with van der Waals surface area (Å²) >= 11 is 0. The fourth-order valence-electron chi connectivity index (χ4n) is 3.51. The molecule has 0 aromatic heterocycles. The molecule has 4 rings (SSSR count). The number of amides is 4. The van der Waals surface area contributed by atoms with Crippen molar-refractivity contribution in [3.8, 4) is 0 Å². The van der Waals surface area contributed by atoms with Gasteiger partial charge in [-0.3, -0.25) is 29.4 Å². The van der Waals surface area contributed by atoms with Crippen LogP contribution in [0.4, 0.5) is 10.1 Å². The lowest BCUT2D eigenvalue weighted by molar-refractivity contribution is -0.136. The van der Waals surface area contributed by atoms with E-state index in [0.29, 0.717) is 13.1 Å². The summed E-state index contributed by atoms with van der Waals surface area (Å²) in [6, 6.07) is 1.33. The highest BCUT2D eigenvalue weighted by atomic mass is 19.1. The van der Waals surface area contributed by atoms with Crippen LogP contribution in [-0.2, 0) is 14.3 Å². The number of benzene rings is 1. The predicted octanol–water partition coefficient (Wildman–Crippen LogP) is 0.0619. The summed E-state index contributed by atoms with van der Waals surface area (Å²) in [5.41, 5.74) is 0.227. The Morgan fingerprint density at radius 1 is 1.12 bits per heavy atom. The standard InChI is InChI=1S/C17H16FN3O5/c1-26-8-6-20(7-8)13-5-10-9(4-11(13)18)16(24)21(17(10)25)12-2-3-14(22)19-15(12)23/h4-5,8,12H,2-3,6-7H2,1H3,(H,19,22,23). The number of nitrogens with zero attached hydrogens (tertiary/aromatic N) is 2. The minimum Gasteiger partial charge on any atom is -0.378 e. The number of piperidine rings is 1. The quantitative estimate of drug-likeness (QED) is 0.765. The van der Waals surface area contributed by atoms with Gasteiger partial charge >= 0.3 is 0 Å². The molecule has 0 spiro atoms. The van der Waals surface area contributed by atoms with E-state index in [2.05, 4.69) is 5.32 Å². The van der Waals surface area contributed by atoms with Crippen LogP contribution in [0.15, 0.2) is 12.1 Å². The Morgan fingerprint density at radius 2 is 1.77 bits per heavy atom. The maximum atomic E-state index is 14.5. The SMILES string of the molecule is COC1CN(c2cc3c(cc2F)C(=O)N(C2CCC(=O)NC2=O)C3=O)C1. The first kappa shape index (κ1) is 16.6. The number of methoxy groups -OCH3 is 1. The van der Waals surface area contributed by atoms with Crippen LogP contribution in [0.1, 0.15) is 33.6 Å². The van der Waals surface area contributed by atoms with Gasteiger partial charge in [0, 0.05) is 26.6 Å². The van der Waals surface area contributed by atoms with E-state index < -0.39 is 35.5 Å². The highest BCUT2D eigenvalue weighted by Gasteiger charge is 2.45. The van der Waals surface area contributed by atoms with E-state index in [1.165, 1.54) is 6.07 Å². The molecule has 3 aliphatic heterocycles. The molecule has 3 aliphatic rings. The van der Waals surface area contributed by atoms with Crippen molar-refractivity contribution in [1.82, 2.24) is 10.2 Å². The van der Waals surface area contributed by atoms with Crippen LogP contribution in [0.2, 0.25) is 0 Å². The highest BCUT2D eigenvalue weighted by Crippen LogP contribution is 2.34. The van der Waals surface area contributed by atoms with Gasteiger partial charge in [-0.15, -0.1) is 0 Å². The first-order chi connectivity index (χ1) is 12.4. The number of hydrogen-bond donors (Lipinski definition) is 1. The normalized spacial score (nSPS) is 23.2. The number of fused-ring (bicyclic) bond motifs is 1. The number of nitrogens with one attached hydrogen (secondary N) is 1. The largest absolute Gasteiger partial charge is 0.378 e. The van der Waals surface area contributed by atoms with Crippen LogP contribution in [-0.4, -0.2) is 60.9 Å². The van der Waals surface area contributed by atoms with Gasteiger partial charge in [0.1, 0.15) is 11.9 Å². The van der Waals surface area contributed by atoms with Crippen molar-refractivity contribution in [1.29, 1.82) is 0 Å². The molecule has 136 valence electrons. The number of carbonyl (C=O) groups is 4. The van der Waals surface area contributed by atoms with Crippen molar-refractivity contribution in [3.63, 3.8) is 0 Å². The zero-order chi connectivity index (χ0) is 18.6. The van der Waals surface area contributed by atoms with Gasteiger partial charge in [-0.2, -0.15) is 0 Å². The first-order valence-corrected chi connectivity index (χ1v) is 8.23. The average Bonchev–Trinajstić information content (AvgIpc) is 2.78. The van der Waals surface area contributed by atoms with Crippen molar-refractivity contribution in [3.05, 3.63) is 29.1 Å². The summed E-state index contributed by atoms with van der Waals surface area (Å²) in [5, 5.41) is 2.12. The van der Waals surface area contributed by atoms with Crippen LogP contribution in [0.5, 0.6) is 0 Å². The summed E-state index contributed by atoms with van der Waals surface area (Å²) in [6.45, 7) is 0.983. The van der Waals surface area contributed by atoms with E-state index in [1.54, 1.807) is 12.0 Å². The lowest BCUT2D eigenvalue weighted by Crippen LogP contribution is -2.54. The van der Waals surface area contributed by atoms with E-state index >= 15 is 0 Å². The van der Waals surface area contributed by atoms with E-state index in [0.717, 1.165) is 11.0 Å². The molecule has 1 aromatic carbocycles. The van der Waals surface area contributed by atoms with Crippen molar-refractivity contribution < 1.29 is 28.3 Å². The molecule has 26 heavy (non-hydrogen) atoms. The van der Waals surface area contributed by atoms with E-state index in [-0.39, 0.29) is 35.8 Å². The molecule has 0 bridgehead atoms. The third-order valence-corrected chi connectivity index (χ3v) is 5.03. The highest BCUT2D eigenvalue weighted by molar-refractivity contribution is 6.23. The van der Waals surface area contributed by atoms with Crippen LogP contribution in [0.25, 0.3) is 0 Å².